The van der Waals surface area contributed by atoms with Crippen LogP contribution >= 0.6 is 11.8 Å². The number of nitrogens with one attached hydrogen (secondary N) is 1. The van der Waals surface area contributed by atoms with E-state index >= 15 is 0 Å². The lowest BCUT2D eigenvalue weighted by molar-refractivity contribution is -0.484. The van der Waals surface area contributed by atoms with Gasteiger partial charge in [0.05, 0.1) is 11.7 Å². The molecule has 1 fully saturated rings. The predicted octanol–water partition coefficient (Wildman–Crippen LogP) is 1.62. The van der Waals surface area contributed by atoms with Gasteiger partial charge in [-0.3, -0.25) is 0 Å². The summed E-state index contributed by atoms with van der Waals surface area (Å²) in [4.78, 5) is 12.8. The molecule has 0 saturated carbocycles. The molecular weight excluding hydrogens is 292 g/mol. The van der Waals surface area contributed by atoms with Gasteiger partial charge in [0.15, 0.2) is 5.03 Å². The highest BCUT2D eigenvalue weighted by molar-refractivity contribution is 8.13. The van der Waals surface area contributed by atoms with Crippen LogP contribution in [0, 0.1) is 16.0 Å². The van der Waals surface area contributed by atoms with Gasteiger partial charge >= 0.3 is 0 Å². The first kappa shape index (κ1) is 18.2. The normalized spacial score (nSPS) is 20.8. The molecule has 1 N–H and O–H groups in total. The van der Waals surface area contributed by atoms with E-state index < -0.39 is 5.03 Å². The summed E-state index contributed by atoms with van der Waals surface area (Å²) in [7, 11) is 0. The molecule has 2 atom stereocenters. The molecule has 0 aromatic rings. The Morgan fingerprint density at radius 1 is 1.67 bits per heavy atom. The minimum Gasteiger partial charge on any atom is -0.381 e. The van der Waals surface area contributed by atoms with Gasteiger partial charge in [-0.25, -0.2) is 10.1 Å². The van der Waals surface area contributed by atoms with Crippen molar-refractivity contribution >= 4 is 16.9 Å². The Hall–Kier alpha value is -0.860. The fourth-order valence-electron chi connectivity index (χ4n) is 2.33. The van der Waals surface area contributed by atoms with Crippen LogP contribution in [0.5, 0.6) is 0 Å². The van der Waals surface area contributed by atoms with Gasteiger partial charge in [-0.05, 0) is 38.5 Å². The first-order valence-corrected chi connectivity index (χ1v) is 8.61. The molecule has 2 unspecified atom stereocenters. The molecule has 0 radical (unpaired) electrons. The van der Waals surface area contributed by atoms with Gasteiger partial charge in [0.1, 0.15) is 0 Å². The third-order valence-electron chi connectivity index (χ3n) is 3.60. The average Bonchev–Trinajstić information content (AvgIpc) is 2.95. The second-order valence-corrected chi connectivity index (χ2v) is 6.10. The molecule has 122 valence electrons. The summed E-state index contributed by atoms with van der Waals surface area (Å²) in [6.07, 6.45) is 3.86. The van der Waals surface area contributed by atoms with Crippen molar-refractivity contribution < 1.29 is 9.77 Å². The molecule has 8 heteroatoms. The van der Waals surface area contributed by atoms with E-state index in [9.17, 15) is 10.1 Å². The molecule has 1 aliphatic rings. The third kappa shape index (κ3) is 7.63. The molecule has 7 nitrogen and oxygen atoms in total. The van der Waals surface area contributed by atoms with E-state index in [1.165, 1.54) is 11.8 Å². The second kappa shape index (κ2) is 9.97. The molecule has 1 saturated heterocycles. The zero-order valence-electron chi connectivity index (χ0n) is 13.1. The fraction of sp³-hybridized carbons (Fsp3) is 0.923. The molecule has 1 aliphatic heterocycles. The molecule has 0 aliphatic carbocycles. The average molecular weight is 318 g/mol. The number of ether oxygens (including phenoxy) is 1. The van der Waals surface area contributed by atoms with Crippen LogP contribution in [0.15, 0.2) is 5.10 Å². The van der Waals surface area contributed by atoms with Crippen LogP contribution < -0.4 is 5.32 Å². The highest BCUT2D eigenvalue weighted by Gasteiger charge is 2.19. The minimum atomic E-state index is -0.663. The molecule has 0 bridgehead atoms. The number of rotatable bonds is 8. The number of hydrazone groups is 1. The van der Waals surface area contributed by atoms with E-state index in [1.54, 1.807) is 6.26 Å². The number of nitrogens with zero attached hydrogens (tertiary/aromatic N) is 3. The van der Waals surface area contributed by atoms with Gasteiger partial charge < -0.3 is 15.0 Å². The monoisotopic (exact) mass is 318 g/mol. The molecule has 1 rings (SSSR count). The van der Waals surface area contributed by atoms with Crippen LogP contribution in [0.3, 0.4) is 0 Å². The Balaban J connectivity index is 2.31. The Morgan fingerprint density at radius 2 is 2.43 bits per heavy atom. The molecule has 1 heterocycles. The Bertz CT molecular complexity index is 348. The van der Waals surface area contributed by atoms with Crippen molar-refractivity contribution in [1.82, 2.24) is 10.2 Å². The highest BCUT2D eigenvalue weighted by atomic mass is 32.2. The van der Waals surface area contributed by atoms with Crippen molar-refractivity contribution in [3.8, 4) is 0 Å². The van der Waals surface area contributed by atoms with Gasteiger partial charge in [-0.2, -0.15) is 0 Å². The van der Waals surface area contributed by atoms with Crippen molar-refractivity contribution in [2.45, 2.75) is 32.7 Å². The summed E-state index contributed by atoms with van der Waals surface area (Å²) in [5.41, 5.74) is 0. The zero-order valence-corrected chi connectivity index (χ0v) is 13.9. The lowest BCUT2D eigenvalue weighted by Gasteiger charge is -2.25. The van der Waals surface area contributed by atoms with Crippen molar-refractivity contribution in [2.24, 2.45) is 11.0 Å². The summed E-state index contributed by atoms with van der Waals surface area (Å²) in [5, 5.41) is 16.5. The quantitative estimate of drug-likeness (QED) is 0.317. The van der Waals surface area contributed by atoms with E-state index in [-0.39, 0.29) is 6.04 Å². The maximum Gasteiger partial charge on any atom is 0.234 e. The molecule has 21 heavy (non-hydrogen) atoms. The number of hydrogen-bond donors (Lipinski definition) is 1. The van der Waals surface area contributed by atoms with Gasteiger partial charge in [-0.1, -0.05) is 18.7 Å². The topological polar surface area (TPSA) is 80.0 Å². The van der Waals surface area contributed by atoms with Crippen LogP contribution in [0.4, 0.5) is 0 Å². The molecular formula is C13H26N4O3S. The lowest BCUT2D eigenvalue weighted by atomic mass is 10.1. The van der Waals surface area contributed by atoms with Crippen LogP contribution in [0.2, 0.25) is 0 Å². The standard InChI is InChI=1S/C13H26N4O3S/c1-4-16(9-12-6-8-20-10-12)7-5-11(2)14-13(21-3)15-17(18)19/h11-12H,4-10H2,1-3H3,(H,14,15). The van der Waals surface area contributed by atoms with Crippen molar-refractivity contribution in [2.75, 3.05) is 39.1 Å². The number of amidine groups is 1. The molecule has 0 amide bonds. The van der Waals surface area contributed by atoms with Gasteiger partial charge in [0, 0.05) is 25.7 Å². The number of hydrogen-bond acceptors (Lipinski definition) is 5. The Labute approximate surface area is 130 Å². The third-order valence-corrected chi connectivity index (χ3v) is 4.19. The summed E-state index contributed by atoms with van der Waals surface area (Å²) >= 11 is 1.26. The van der Waals surface area contributed by atoms with Crippen LogP contribution in [0.25, 0.3) is 0 Å². The maximum absolute atomic E-state index is 10.4. The highest BCUT2D eigenvalue weighted by Crippen LogP contribution is 2.14. The second-order valence-electron chi connectivity index (χ2n) is 5.30. The lowest BCUT2D eigenvalue weighted by Crippen LogP contribution is -2.37. The smallest absolute Gasteiger partial charge is 0.234 e. The van der Waals surface area contributed by atoms with Gasteiger partial charge in [0.25, 0.3) is 0 Å². The summed E-state index contributed by atoms with van der Waals surface area (Å²) in [6.45, 7) is 9.00. The van der Waals surface area contributed by atoms with E-state index in [1.807, 2.05) is 6.92 Å². The van der Waals surface area contributed by atoms with E-state index in [4.69, 9.17) is 4.74 Å². The summed E-state index contributed by atoms with van der Waals surface area (Å²) in [6, 6.07) is 0.157. The van der Waals surface area contributed by atoms with Crippen LogP contribution in [-0.2, 0) is 4.74 Å². The van der Waals surface area contributed by atoms with E-state index in [0.717, 1.165) is 45.7 Å². The van der Waals surface area contributed by atoms with E-state index in [2.05, 4.69) is 22.2 Å². The number of thioether (sulfide) groups is 1. The van der Waals surface area contributed by atoms with Crippen LogP contribution in [-0.4, -0.2) is 60.2 Å². The van der Waals surface area contributed by atoms with Gasteiger partial charge in [-0.15, -0.1) is 0 Å². The first-order valence-electron chi connectivity index (χ1n) is 7.38. The molecule has 0 spiro atoms. The Morgan fingerprint density at radius 3 is 2.95 bits per heavy atom. The largest absolute Gasteiger partial charge is 0.381 e. The Kier molecular flexibility index (Phi) is 8.63. The fourth-order valence-corrected chi connectivity index (χ4v) is 2.80. The van der Waals surface area contributed by atoms with Crippen LogP contribution in [0.1, 0.15) is 26.7 Å². The molecule has 0 aromatic heterocycles. The van der Waals surface area contributed by atoms with Crippen molar-refractivity contribution in [3.63, 3.8) is 0 Å². The summed E-state index contributed by atoms with van der Waals surface area (Å²) in [5.74, 6) is 0.644. The first-order chi connectivity index (χ1) is 10.0. The van der Waals surface area contributed by atoms with Gasteiger partial charge in [0.2, 0.25) is 5.17 Å². The predicted molar refractivity (Wildman–Crippen MR) is 86.2 cm³/mol. The molecule has 0 aromatic carbocycles. The van der Waals surface area contributed by atoms with E-state index in [0.29, 0.717) is 11.1 Å². The SMILES string of the molecule is CCN(CCC(C)NC(=N[N+](=O)[O-])SC)CC1CCOC1. The zero-order chi connectivity index (χ0) is 15.7. The minimum absolute atomic E-state index is 0.157. The van der Waals surface area contributed by atoms with Crippen molar-refractivity contribution in [1.29, 1.82) is 0 Å². The number of nitro groups is 1. The summed E-state index contributed by atoms with van der Waals surface area (Å²) < 4.78 is 5.41. The van der Waals surface area contributed by atoms with Crippen molar-refractivity contribution in [3.05, 3.63) is 10.1 Å². The maximum atomic E-state index is 10.4.